The van der Waals surface area contributed by atoms with E-state index in [0.29, 0.717) is 26.4 Å². The van der Waals surface area contributed by atoms with Gasteiger partial charge in [-0.15, -0.1) is 0 Å². The maximum Gasteiger partial charge on any atom is 0.308 e. The van der Waals surface area contributed by atoms with Gasteiger partial charge in [0, 0.05) is 19.0 Å². The van der Waals surface area contributed by atoms with E-state index in [1.165, 1.54) is 0 Å². The first-order chi connectivity index (χ1) is 9.00. The number of carboxylic acid groups (broad SMARTS) is 1. The molecule has 2 heterocycles. The molecule has 6 heteroatoms. The standard InChI is InChI=1S/C13H21NO5/c1-8-5-11(15)14(9(2)12(8)13(16)17)6-10-7-18-3-4-19-10/h8-10,12H,3-7H2,1-2H3,(H,16,17). The molecular formula is C13H21NO5. The molecule has 2 saturated heterocycles. The lowest BCUT2D eigenvalue weighted by Crippen LogP contribution is -2.55. The Morgan fingerprint density at radius 3 is 2.74 bits per heavy atom. The second-order valence-corrected chi connectivity index (χ2v) is 5.40. The van der Waals surface area contributed by atoms with E-state index in [2.05, 4.69) is 0 Å². The summed E-state index contributed by atoms with van der Waals surface area (Å²) in [5.74, 6) is -1.47. The van der Waals surface area contributed by atoms with Crippen LogP contribution in [-0.4, -0.2) is 60.4 Å². The first-order valence-corrected chi connectivity index (χ1v) is 6.72. The van der Waals surface area contributed by atoms with Crippen LogP contribution in [-0.2, 0) is 19.1 Å². The molecule has 0 aromatic heterocycles. The van der Waals surface area contributed by atoms with Crippen LogP contribution in [0.4, 0.5) is 0 Å². The highest BCUT2D eigenvalue weighted by Crippen LogP contribution is 2.30. The molecule has 1 amide bonds. The second kappa shape index (κ2) is 5.88. The predicted octanol–water partition coefficient (Wildman–Crippen LogP) is 0.360. The van der Waals surface area contributed by atoms with Crippen LogP contribution in [0.5, 0.6) is 0 Å². The average molecular weight is 271 g/mol. The van der Waals surface area contributed by atoms with Gasteiger partial charge in [0.15, 0.2) is 0 Å². The molecule has 0 bridgehead atoms. The monoisotopic (exact) mass is 271 g/mol. The summed E-state index contributed by atoms with van der Waals surface area (Å²) >= 11 is 0. The normalized spacial score (nSPS) is 36.3. The number of likely N-dealkylation sites (tertiary alicyclic amines) is 1. The van der Waals surface area contributed by atoms with Gasteiger partial charge in [0.1, 0.15) is 0 Å². The molecule has 0 spiro atoms. The van der Waals surface area contributed by atoms with Gasteiger partial charge in [0.25, 0.3) is 0 Å². The Morgan fingerprint density at radius 1 is 1.42 bits per heavy atom. The van der Waals surface area contributed by atoms with Crippen LogP contribution in [0, 0.1) is 11.8 Å². The van der Waals surface area contributed by atoms with Gasteiger partial charge in [-0.05, 0) is 12.8 Å². The molecular weight excluding hydrogens is 250 g/mol. The molecule has 2 aliphatic heterocycles. The minimum Gasteiger partial charge on any atom is -0.481 e. The molecule has 6 nitrogen and oxygen atoms in total. The van der Waals surface area contributed by atoms with Crippen LogP contribution in [0.15, 0.2) is 0 Å². The summed E-state index contributed by atoms with van der Waals surface area (Å²) < 4.78 is 10.8. The van der Waals surface area contributed by atoms with E-state index in [9.17, 15) is 14.7 Å². The van der Waals surface area contributed by atoms with Gasteiger partial charge in [0.2, 0.25) is 5.91 Å². The number of carboxylic acids is 1. The average Bonchev–Trinajstić information content (AvgIpc) is 2.35. The smallest absolute Gasteiger partial charge is 0.308 e. The van der Waals surface area contributed by atoms with Crippen molar-refractivity contribution >= 4 is 11.9 Å². The molecule has 4 unspecified atom stereocenters. The number of amides is 1. The summed E-state index contributed by atoms with van der Waals surface area (Å²) in [4.78, 5) is 25.1. The van der Waals surface area contributed by atoms with Gasteiger partial charge in [-0.25, -0.2) is 0 Å². The molecule has 19 heavy (non-hydrogen) atoms. The Labute approximate surface area is 112 Å². The van der Waals surface area contributed by atoms with Crippen LogP contribution >= 0.6 is 0 Å². The van der Waals surface area contributed by atoms with Crippen molar-refractivity contribution in [2.45, 2.75) is 32.4 Å². The van der Waals surface area contributed by atoms with Crippen molar-refractivity contribution in [2.24, 2.45) is 11.8 Å². The van der Waals surface area contributed by atoms with Crippen LogP contribution in [0.25, 0.3) is 0 Å². The van der Waals surface area contributed by atoms with E-state index in [1.54, 1.807) is 11.8 Å². The molecule has 0 aromatic carbocycles. The van der Waals surface area contributed by atoms with E-state index in [0.717, 1.165) is 0 Å². The lowest BCUT2D eigenvalue weighted by Gasteiger charge is -2.42. The number of carbonyl (C=O) groups excluding carboxylic acids is 1. The topological polar surface area (TPSA) is 76.1 Å². The van der Waals surface area contributed by atoms with Crippen LogP contribution in [0.1, 0.15) is 20.3 Å². The van der Waals surface area contributed by atoms with E-state index >= 15 is 0 Å². The fourth-order valence-corrected chi connectivity index (χ4v) is 3.00. The summed E-state index contributed by atoms with van der Waals surface area (Å²) in [5.41, 5.74) is 0. The van der Waals surface area contributed by atoms with Gasteiger partial charge in [-0.2, -0.15) is 0 Å². The molecule has 0 aromatic rings. The van der Waals surface area contributed by atoms with Crippen molar-refractivity contribution < 1.29 is 24.2 Å². The minimum atomic E-state index is -0.835. The number of aliphatic carboxylic acids is 1. The van der Waals surface area contributed by atoms with E-state index < -0.39 is 11.9 Å². The Balaban J connectivity index is 2.04. The molecule has 108 valence electrons. The van der Waals surface area contributed by atoms with E-state index in [4.69, 9.17) is 9.47 Å². The van der Waals surface area contributed by atoms with Gasteiger partial charge in [-0.3, -0.25) is 9.59 Å². The van der Waals surface area contributed by atoms with Crippen LogP contribution in [0.3, 0.4) is 0 Å². The molecule has 1 N–H and O–H groups in total. The summed E-state index contributed by atoms with van der Waals surface area (Å²) in [6.45, 7) is 5.61. The number of hydrogen-bond donors (Lipinski definition) is 1. The zero-order valence-corrected chi connectivity index (χ0v) is 11.4. The Bertz CT molecular complexity index is 353. The first kappa shape index (κ1) is 14.3. The van der Waals surface area contributed by atoms with Gasteiger partial charge in [0.05, 0.1) is 31.8 Å². The van der Waals surface area contributed by atoms with Gasteiger partial charge < -0.3 is 19.5 Å². The highest BCUT2D eigenvalue weighted by atomic mass is 16.6. The number of piperidine rings is 1. The summed E-state index contributed by atoms with van der Waals surface area (Å²) in [5, 5.41) is 9.30. The zero-order valence-electron chi connectivity index (χ0n) is 11.4. The van der Waals surface area contributed by atoms with Crippen LogP contribution < -0.4 is 0 Å². The number of rotatable bonds is 3. The third-order valence-corrected chi connectivity index (χ3v) is 4.01. The number of nitrogens with zero attached hydrogens (tertiary/aromatic N) is 1. The number of ether oxygens (including phenoxy) is 2. The minimum absolute atomic E-state index is 0.00618. The van der Waals surface area contributed by atoms with Gasteiger partial charge >= 0.3 is 5.97 Å². The summed E-state index contributed by atoms with van der Waals surface area (Å²) in [7, 11) is 0. The maximum absolute atomic E-state index is 12.1. The van der Waals surface area contributed by atoms with E-state index in [-0.39, 0.29) is 30.4 Å². The highest BCUT2D eigenvalue weighted by Gasteiger charge is 2.42. The largest absolute Gasteiger partial charge is 0.481 e. The molecule has 4 atom stereocenters. The van der Waals surface area contributed by atoms with E-state index in [1.807, 2.05) is 6.92 Å². The Kier molecular flexibility index (Phi) is 4.42. The summed E-state index contributed by atoms with van der Waals surface area (Å²) in [6, 6.07) is -0.306. The van der Waals surface area contributed by atoms with Crippen molar-refractivity contribution in [3.63, 3.8) is 0 Å². The first-order valence-electron chi connectivity index (χ1n) is 6.72. The third kappa shape index (κ3) is 3.06. The predicted molar refractivity (Wildman–Crippen MR) is 66.6 cm³/mol. The number of hydrogen-bond acceptors (Lipinski definition) is 4. The summed E-state index contributed by atoms with van der Waals surface area (Å²) in [6.07, 6.45) is 0.137. The third-order valence-electron chi connectivity index (χ3n) is 4.01. The van der Waals surface area contributed by atoms with Gasteiger partial charge in [-0.1, -0.05) is 6.92 Å². The van der Waals surface area contributed by atoms with Crippen LogP contribution in [0.2, 0.25) is 0 Å². The molecule has 2 rings (SSSR count). The second-order valence-electron chi connectivity index (χ2n) is 5.40. The van der Waals surface area contributed by atoms with Crippen molar-refractivity contribution in [3.05, 3.63) is 0 Å². The fraction of sp³-hybridized carbons (Fsp3) is 0.846. The van der Waals surface area contributed by atoms with Crippen molar-refractivity contribution in [3.8, 4) is 0 Å². The molecule has 2 aliphatic rings. The Hall–Kier alpha value is -1.14. The van der Waals surface area contributed by atoms with Crippen molar-refractivity contribution in [1.82, 2.24) is 4.90 Å². The lowest BCUT2D eigenvalue weighted by molar-refractivity contribution is -0.159. The zero-order chi connectivity index (χ0) is 14.0. The maximum atomic E-state index is 12.1. The molecule has 0 radical (unpaired) electrons. The quantitative estimate of drug-likeness (QED) is 0.802. The Morgan fingerprint density at radius 2 is 2.16 bits per heavy atom. The number of carbonyl (C=O) groups is 2. The van der Waals surface area contributed by atoms with Crippen molar-refractivity contribution in [2.75, 3.05) is 26.4 Å². The SMILES string of the molecule is CC1CC(=O)N(CC2COCCO2)C(C)C1C(=O)O. The lowest BCUT2D eigenvalue weighted by atomic mass is 9.81. The molecule has 2 fully saturated rings. The molecule has 0 aliphatic carbocycles. The molecule has 0 saturated carbocycles. The van der Waals surface area contributed by atoms with Crippen molar-refractivity contribution in [1.29, 1.82) is 0 Å². The highest BCUT2D eigenvalue weighted by molar-refractivity contribution is 5.81. The fourth-order valence-electron chi connectivity index (χ4n) is 3.00.